The number of carbonyl (C=O) groups is 2. The molecule has 0 spiro atoms. The Morgan fingerprint density at radius 2 is 1.82 bits per heavy atom. The summed E-state index contributed by atoms with van der Waals surface area (Å²) >= 11 is 1.59. The second-order valence-electron chi connectivity index (χ2n) is 8.90. The van der Waals surface area contributed by atoms with E-state index in [-0.39, 0.29) is 24.0 Å². The largest absolute Gasteiger partial charge is 0.450 e. The van der Waals surface area contributed by atoms with Crippen LogP contribution in [0.4, 0.5) is 10.6 Å². The van der Waals surface area contributed by atoms with Crippen molar-refractivity contribution < 1.29 is 14.3 Å². The van der Waals surface area contributed by atoms with Gasteiger partial charge in [-0.1, -0.05) is 29.5 Å². The molecule has 2 aromatic rings. The lowest BCUT2D eigenvalue weighted by molar-refractivity contribution is -0.126. The predicted octanol–water partition coefficient (Wildman–Crippen LogP) is 3.89. The molecular formula is C25H33N5O3S. The Labute approximate surface area is 205 Å². The summed E-state index contributed by atoms with van der Waals surface area (Å²) in [6, 6.07) is 12.4. The number of rotatable bonds is 6. The van der Waals surface area contributed by atoms with Crippen molar-refractivity contribution in [1.29, 1.82) is 0 Å². The second-order valence-corrected chi connectivity index (χ2v) is 9.99. The van der Waals surface area contributed by atoms with Crippen molar-refractivity contribution in [1.82, 2.24) is 20.4 Å². The average Bonchev–Trinajstić information content (AvgIpc) is 2.86. The van der Waals surface area contributed by atoms with Gasteiger partial charge < -0.3 is 19.9 Å². The van der Waals surface area contributed by atoms with Crippen LogP contribution in [0.1, 0.15) is 38.2 Å². The van der Waals surface area contributed by atoms with Crippen molar-refractivity contribution in [2.75, 3.05) is 37.7 Å². The van der Waals surface area contributed by atoms with Gasteiger partial charge in [-0.15, -0.1) is 10.2 Å². The zero-order valence-corrected chi connectivity index (χ0v) is 20.7. The van der Waals surface area contributed by atoms with Crippen LogP contribution in [-0.2, 0) is 9.53 Å². The lowest BCUT2D eigenvalue weighted by atomic mass is 9.96. The van der Waals surface area contributed by atoms with E-state index in [2.05, 4.69) is 51.6 Å². The number of carbonyl (C=O) groups excluding carboxylic acids is 2. The molecule has 2 aliphatic rings. The summed E-state index contributed by atoms with van der Waals surface area (Å²) < 4.78 is 5.07. The van der Waals surface area contributed by atoms with Crippen LogP contribution in [0.5, 0.6) is 0 Å². The van der Waals surface area contributed by atoms with Gasteiger partial charge in [0.05, 0.1) is 12.5 Å². The van der Waals surface area contributed by atoms with Gasteiger partial charge in [0.15, 0.2) is 5.82 Å². The second kappa shape index (κ2) is 11.6. The van der Waals surface area contributed by atoms with E-state index in [1.54, 1.807) is 16.7 Å². The monoisotopic (exact) mass is 483 g/mol. The number of amides is 2. The van der Waals surface area contributed by atoms with Gasteiger partial charge in [-0.3, -0.25) is 4.79 Å². The molecule has 182 valence electrons. The van der Waals surface area contributed by atoms with Crippen molar-refractivity contribution in [2.24, 2.45) is 5.92 Å². The van der Waals surface area contributed by atoms with Crippen LogP contribution in [-0.4, -0.2) is 65.9 Å². The summed E-state index contributed by atoms with van der Waals surface area (Å²) in [6.45, 7) is 7.01. The molecule has 3 heterocycles. The standard InChI is InChI=1S/C25H33N5O3S/c1-3-33-25(32)29-15-12-20(13-16-29)26-24(31)19-5-4-14-30(17-19)22-10-11-23(28-27-22)34-21-8-6-18(2)7-9-21/h6-11,19-20H,3-5,12-17H2,1-2H3,(H,26,31). The maximum Gasteiger partial charge on any atom is 0.409 e. The maximum absolute atomic E-state index is 13.0. The zero-order valence-electron chi connectivity index (χ0n) is 19.9. The number of piperidine rings is 2. The number of nitrogens with one attached hydrogen (secondary N) is 1. The topological polar surface area (TPSA) is 87.7 Å². The first-order valence-electron chi connectivity index (χ1n) is 12.1. The Hall–Kier alpha value is -2.81. The molecule has 1 unspecified atom stereocenters. The number of likely N-dealkylation sites (tertiary alicyclic amines) is 1. The SMILES string of the molecule is CCOC(=O)N1CCC(NC(=O)C2CCCN(c3ccc(Sc4ccc(C)cc4)nn3)C2)CC1. The smallest absolute Gasteiger partial charge is 0.409 e. The van der Waals surface area contributed by atoms with Gasteiger partial charge in [0.25, 0.3) is 0 Å². The lowest BCUT2D eigenvalue weighted by Crippen LogP contribution is -2.50. The van der Waals surface area contributed by atoms with E-state index >= 15 is 0 Å². The molecule has 34 heavy (non-hydrogen) atoms. The van der Waals surface area contributed by atoms with Gasteiger partial charge >= 0.3 is 6.09 Å². The maximum atomic E-state index is 13.0. The lowest BCUT2D eigenvalue weighted by Gasteiger charge is -2.35. The summed E-state index contributed by atoms with van der Waals surface area (Å²) in [5.41, 5.74) is 1.23. The van der Waals surface area contributed by atoms with E-state index < -0.39 is 0 Å². The van der Waals surface area contributed by atoms with E-state index in [0.29, 0.717) is 26.2 Å². The van der Waals surface area contributed by atoms with Crippen LogP contribution in [0.25, 0.3) is 0 Å². The first-order chi connectivity index (χ1) is 16.5. The molecule has 0 radical (unpaired) electrons. The van der Waals surface area contributed by atoms with Gasteiger partial charge in [0.1, 0.15) is 5.03 Å². The quantitative estimate of drug-likeness (QED) is 0.667. The number of nitrogens with zero attached hydrogens (tertiary/aromatic N) is 4. The Balaban J connectivity index is 1.27. The number of hydrogen-bond acceptors (Lipinski definition) is 7. The molecule has 2 amide bonds. The Bertz CT molecular complexity index is 962. The van der Waals surface area contributed by atoms with E-state index in [0.717, 1.165) is 48.0 Å². The summed E-state index contributed by atoms with van der Waals surface area (Å²) in [7, 11) is 0. The third-order valence-corrected chi connectivity index (χ3v) is 7.29. The summed E-state index contributed by atoms with van der Waals surface area (Å²) in [5, 5.41) is 12.9. The minimum Gasteiger partial charge on any atom is -0.450 e. The molecule has 4 rings (SSSR count). The average molecular weight is 484 g/mol. The van der Waals surface area contributed by atoms with Gasteiger partial charge in [-0.05, 0) is 63.8 Å². The number of ether oxygens (including phenoxy) is 1. The molecule has 0 bridgehead atoms. The van der Waals surface area contributed by atoms with E-state index in [9.17, 15) is 9.59 Å². The van der Waals surface area contributed by atoms with E-state index in [1.807, 2.05) is 19.1 Å². The first kappa shape index (κ1) is 24.3. The molecule has 8 nitrogen and oxygen atoms in total. The van der Waals surface area contributed by atoms with Crippen LogP contribution in [0, 0.1) is 12.8 Å². The molecule has 2 fully saturated rings. The summed E-state index contributed by atoms with van der Waals surface area (Å²) in [6.07, 6.45) is 3.07. The molecule has 1 N–H and O–H groups in total. The third-order valence-electron chi connectivity index (χ3n) is 6.35. The van der Waals surface area contributed by atoms with Crippen LogP contribution in [0.15, 0.2) is 46.3 Å². The number of benzene rings is 1. The van der Waals surface area contributed by atoms with Crippen LogP contribution < -0.4 is 10.2 Å². The fourth-order valence-corrected chi connectivity index (χ4v) is 5.13. The Kier molecular flexibility index (Phi) is 8.26. The molecule has 1 atom stereocenters. The molecule has 0 aliphatic carbocycles. The zero-order chi connectivity index (χ0) is 23.9. The molecule has 2 saturated heterocycles. The van der Waals surface area contributed by atoms with Crippen LogP contribution >= 0.6 is 11.8 Å². The molecule has 0 saturated carbocycles. The minimum atomic E-state index is -0.264. The number of aromatic nitrogens is 2. The van der Waals surface area contributed by atoms with Crippen LogP contribution in [0.2, 0.25) is 0 Å². The van der Waals surface area contributed by atoms with E-state index in [4.69, 9.17) is 4.74 Å². The highest BCUT2D eigenvalue weighted by atomic mass is 32.2. The molecule has 1 aromatic heterocycles. The normalized spacial score (nSPS) is 19.1. The highest BCUT2D eigenvalue weighted by Crippen LogP contribution is 2.28. The van der Waals surface area contributed by atoms with Crippen molar-refractivity contribution in [3.63, 3.8) is 0 Å². The van der Waals surface area contributed by atoms with E-state index in [1.165, 1.54) is 5.56 Å². The number of aryl methyl sites for hydroxylation is 1. The molecule has 2 aliphatic heterocycles. The summed E-state index contributed by atoms with van der Waals surface area (Å²) in [5.74, 6) is 0.840. The van der Waals surface area contributed by atoms with Crippen molar-refractivity contribution >= 4 is 29.6 Å². The molecule has 9 heteroatoms. The Morgan fingerprint density at radius 1 is 1.06 bits per heavy atom. The fourth-order valence-electron chi connectivity index (χ4n) is 4.40. The molecule has 1 aromatic carbocycles. The van der Waals surface area contributed by atoms with Crippen molar-refractivity contribution in [3.8, 4) is 0 Å². The highest BCUT2D eigenvalue weighted by molar-refractivity contribution is 7.99. The highest BCUT2D eigenvalue weighted by Gasteiger charge is 2.30. The van der Waals surface area contributed by atoms with Crippen LogP contribution in [0.3, 0.4) is 0 Å². The van der Waals surface area contributed by atoms with Crippen molar-refractivity contribution in [3.05, 3.63) is 42.0 Å². The fraction of sp³-hybridized carbons (Fsp3) is 0.520. The van der Waals surface area contributed by atoms with Gasteiger partial charge in [-0.2, -0.15) is 0 Å². The predicted molar refractivity (Wildman–Crippen MR) is 132 cm³/mol. The van der Waals surface area contributed by atoms with Gasteiger partial charge in [-0.25, -0.2) is 4.79 Å². The van der Waals surface area contributed by atoms with Crippen molar-refractivity contribution in [2.45, 2.75) is 55.5 Å². The van der Waals surface area contributed by atoms with Gasteiger partial charge in [0, 0.05) is 37.1 Å². The summed E-state index contributed by atoms with van der Waals surface area (Å²) in [4.78, 5) is 29.8. The number of anilines is 1. The molecular weight excluding hydrogens is 450 g/mol. The Morgan fingerprint density at radius 3 is 2.50 bits per heavy atom. The minimum absolute atomic E-state index is 0.0692. The number of hydrogen-bond donors (Lipinski definition) is 1. The first-order valence-corrected chi connectivity index (χ1v) is 12.9. The van der Waals surface area contributed by atoms with Gasteiger partial charge in [0.2, 0.25) is 5.91 Å². The third kappa shape index (κ3) is 6.40.